The predicted octanol–water partition coefficient (Wildman–Crippen LogP) is 3.46. The zero-order chi connectivity index (χ0) is 29.3. The van der Waals surface area contributed by atoms with E-state index in [1.807, 2.05) is 33.2 Å². The SMILES string of the molecule is CC(C)OCCC(C(=O)Nc1ccc2nn(C)cc2c1)N1CC(=O)N(c2cc(Cl)ccc2-n2cc(Cl)nn2)CC1=O. The third-order valence-electron chi connectivity index (χ3n) is 6.57. The van der Waals surface area contributed by atoms with Crippen LogP contribution in [-0.2, 0) is 26.2 Å². The van der Waals surface area contributed by atoms with Crippen molar-refractivity contribution >= 4 is 63.2 Å². The van der Waals surface area contributed by atoms with Crippen LogP contribution in [0.5, 0.6) is 0 Å². The molecule has 1 N–H and O–H groups in total. The molecule has 4 aromatic rings. The third-order valence-corrected chi connectivity index (χ3v) is 6.98. The van der Waals surface area contributed by atoms with Crippen LogP contribution in [0.1, 0.15) is 20.3 Å². The molecule has 5 rings (SSSR count). The second-order valence-electron chi connectivity index (χ2n) is 9.91. The van der Waals surface area contributed by atoms with E-state index in [1.165, 1.54) is 20.7 Å². The van der Waals surface area contributed by atoms with Crippen molar-refractivity contribution in [1.82, 2.24) is 29.7 Å². The molecular weight excluding hydrogens is 571 g/mol. The summed E-state index contributed by atoms with van der Waals surface area (Å²) in [5, 5.41) is 16.4. The van der Waals surface area contributed by atoms with Crippen LogP contribution in [0.25, 0.3) is 16.6 Å². The number of amides is 3. The van der Waals surface area contributed by atoms with Crippen molar-refractivity contribution in [2.24, 2.45) is 7.05 Å². The van der Waals surface area contributed by atoms with Gasteiger partial charge in [0.1, 0.15) is 19.1 Å². The molecule has 0 spiro atoms. The lowest BCUT2D eigenvalue weighted by Crippen LogP contribution is -2.59. The van der Waals surface area contributed by atoms with Gasteiger partial charge in [0.25, 0.3) is 0 Å². The van der Waals surface area contributed by atoms with Crippen molar-refractivity contribution in [2.45, 2.75) is 32.4 Å². The Hall–Kier alpha value is -4.00. The smallest absolute Gasteiger partial charge is 0.247 e. The highest BCUT2D eigenvalue weighted by atomic mass is 35.5. The number of anilines is 2. The van der Waals surface area contributed by atoms with Gasteiger partial charge in [-0.2, -0.15) is 5.10 Å². The van der Waals surface area contributed by atoms with Crippen LogP contribution in [0.15, 0.2) is 48.8 Å². The number of nitrogens with one attached hydrogen (secondary N) is 1. The summed E-state index contributed by atoms with van der Waals surface area (Å²) in [5.41, 5.74) is 2.18. The molecule has 2 aromatic carbocycles. The number of rotatable bonds is 9. The number of halogens is 2. The monoisotopic (exact) mass is 598 g/mol. The number of hydrogen-bond donors (Lipinski definition) is 1. The molecular formula is C27H28Cl2N8O4. The molecule has 0 saturated carbocycles. The van der Waals surface area contributed by atoms with E-state index in [0.29, 0.717) is 22.1 Å². The molecule has 0 radical (unpaired) electrons. The Bertz CT molecular complexity index is 1620. The van der Waals surface area contributed by atoms with Crippen LogP contribution in [0.4, 0.5) is 11.4 Å². The number of piperazine rings is 1. The van der Waals surface area contributed by atoms with Gasteiger partial charge >= 0.3 is 0 Å². The Morgan fingerprint density at radius 1 is 1.05 bits per heavy atom. The van der Waals surface area contributed by atoms with E-state index < -0.39 is 23.8 Å². The highest BCUT2D eigenvalue weighted by Gasteiger charge is 2.39. The van der Waals surface area contributed by atoms with E-state index in [1.54, 1.807) is 35.0 Å². The molecule has 214 valence electrons. The van der Waals surface area contributed by atoms with Gasteiger partial charge in [-0.05, 0) is 50.2 Å². The van der Waals surface area contributed by atoms with Crippen LogP contribution < -0.4 is 10.2 Å². The molecule has 1 aliphatic heterocycles. The normalized spacial score (nSPS) is 14.8. The van der Waals surface area contributed by atoms with Crippen LogP contribution in [0.3, 0.4) is 0 Å². The Morgan fingerprint density at radius 2 is 1.85 bits per heavy atom. The summed E-state index contributed by atoms with van der Waals surface area (Å²) in [6.07, 6.45) is 3.47. The second-order valence-corrected chi connectivity index (χ2v) is 10.7. The number of carbonyl (C=O) groups excluding carboxylic acids is 3. The summed E-state index contributed by atoms with van der Waals surface area (Å²) in [6.45, 7) is 3.38. The van der Waals surface area contributed by atoms with E-state index in [0.717, 1.165) is 10.9 Å². The van der Waals surface area contributed by atoms with Gasteiger partial charge in [-0.15, -0.1) is 5.10 Å². The van der Waals surface area contributed by atoms with Crippen molar-refractivity contribution in [3.8, 4) is 5.69 Å². The zero-order valence-electron chi connectivity index (χ0n) is 22.6. The lowest BCUT2D eigenvalue weighted by molar-refractivity contribution is -0.144. The number of ether oxygens (including phenoxy) is 1. The molecule has 41 heavy (non-hydrogen) atoms. The van der Waals surface area contributed by atoms with Gasteiger partial charge in [0.2, 0.25) is 17.7 Å². The quantitative estimate of drug-likeness (QED) is 0.312. The van der Waals surface area contributed by atoms with E-state index in [2.05, 4.69) is 20.7 Å². The van der Waals surface area contributed by atoms with Crippen molar-refractivity contribution in [3.63, 3.8) is 0 Å². The number of carbonyl (C=O) groups is 3. The van der Waals surface area contributed by atoms with E-state index in [-0.39, 0.29) is 37.4 Å². The summed E-state index contributed by atoms with van der Waals surface area (Å²) in [4.78, 5) is 43.2. The van der Waals surface area contributed by atoms with Crippen LogP contribution in [0.2, 0.25) is 10.2 Å². The number of fused-ring (bicyclic) bond motifs is 1. The average Bonchev–Trinajstić information content (AvgIpc) is 3.51. The molecule has 0 bridgehead atoms. The maximum absolute atomic E-state index is 13.6. The standard InChI is InChI=1S/C27H28Cl2N8O4/c1-16(2)41-9-8-22(27(40)30-19-5-6-20-17(10-19)12-34(3)32-20)35-14-26(39)36(15-25(35)38)23-11-18(28)4-7-21(23)37-13-24(29)31-33-37/h4-7,10-13,16,22H,8-9,14-15H2,1-3H3,(H,30,40). The highest BCUT2D eigenvalue weighted by Crippen LogP contribution is 2.30. The maximum atomic E-state index is 13.6. The molecule has 2 aromatic heterocycles. The van der Waals surface area contributed by atoms with Gasteiger partial charge in [0.15, 0.2) is 5.15 Å². The number of aromatic nitrogens is 5. The van der Waals surface area contributed by atoms with Gasteiger partial charge < -0.3 is 15.0 Å². The van der Waals surface area contributed by atoms with Gasteiger partial charge in [0, 0.05) is 42.4 Å². The Labute approximate surface area is 245 Å². The zero-order valence-corrected chi connectivity index (χ0v) is 24.1. The largest absolute Gasteiger partial charge is 0.379 e. The van der Waals surface area contributed by atoms with Gasteiger partial charge in [-0.25, -0.2) is 4.68 Å². The van der Waals surface area contributed by atoms with Gasteiger partial charge in [-0.1, -0.05) is 28.4 Å². The second kappa shape index (κ2) is 11.9. The summed E-state index contributed by atoms with van der Waals surface area (Å²) >= 11 is 12.2. The predicted molar refractivity (Wildman–Crippen MR) is 154 cm³/mol. The summed E-state index contributed by atoms with van der Waals surface area (Å²) in [5.74, 6) is -1.21. The van der Waals surface area contributed by atoms with Crippen molar-refractivity contribution in [3.05, 3.63) is 59.0 Å². The fraction of sp³-hybridized carbons (Fsp3) is 0.333. The van der Waals surface area contributed by atoms with Gasteiger partial charge in [0.05, 0.1) is 29.2 Å². The number of nitrogens with zero attached hydrogens (tertiary/aromatic N) is 7. The van der Waals surface area contributed by atoms with Crippen molar-refractivity contribution in [1.29, 1.82) is 0 Å². The van der Waals surface area contributed by atoms with Gasteiger partial charge in [-0.3, -0.25) is 24.0 Å². The lowest BCUT2D eigenvalue weighted by Gasteiger charge is -2.38. The van der Waals surface area contributed by atoms with Crippen LogP contribution in [0, 0.1) is 0 Å². The minimum Gasteiger partial charge on any atom is -0.379 e. The van der Waals surface area contributed by atoms with Crippen molar-refractivity contribution < 1.29 is 19.1 Å². The van der Waals surface area contributed by atoms with Crippen molar-refractivity contribution in [2.75, 3.05) is 29.9 Å². The molecule has 0 aliphatic carbocycles. The molecule has 1 unspecified atom stereocenters. The first-order chi connectivity index (χ1) is 19.6. The first kappa shape index (κ1) is 28.5. The molecule has 14 heteroatoms. The molecule has 1 atom stereocenters. The number of aryl methyl sites for hydroxylation is 1. The van der Waals surface area contributed by atoms with Crippen LogP contribution in [-0.4, -0.2) is 79.2 Å². The fourth-order valence-corrected chi connectivity index (χ4v) is 4.99. The molecule has 1 fully saturated rings. The molecule has 3 heterocycles. The summed E-state index contributed by atoms with van der Waals surface area (Å²) < 4.78 is 8.78. The Kier molecular flexibility index (Phi) is 8.25. The number of benzene rings is 2. The first-order valence-corrected chi connectivity index (χ1v) is 13.7. The van der Waals surface area contributed by atoms with Crippen LogP contribution >= 0.6 is 23.2 Å². The molecule has 3 amide bonds. The molecule has 12 nitrogen and oxygen atoms in total. The van der Waals surface area contributed by atoms with E-state index >= 15 is 0 Å². The number of hydrogen-bond acceptors (Lipinski definition) is 7. The van der Waals surface area contributed by atoms with E-state index in [9.17, 15) is 14.4 Å². The maximum Gasteiger partial charge on any atom is 0.247 e. The topological polar surface area (TPSA) is 127 Å². The van der Waals surface area contributed by atoms with E-state index in [4.69, 9.17) is 27.9 Å². The molecule has 1 saturated heterocycles. The molecule has 1 aliphatic rings. The Morgan fingerprint density at radius 3 is 2.59 bits per heavy atom. The summed E-state index contributed by atoms with van der Waals surface area (Å²) in [6, 6.07) is 9.29. The summed E-state index contributed by atoms with van der Waals surface area (Å²) in [7, 11) is 1.82. The minimum absolute atomic E-state index is 0.0626. The minimum atomic E-state index is -0.940. The highest BCUT2D eigenvalue weighted by molar-refractivity contribution is 6.31. The lowest BCUT2D eigenvalue weighted by atomic mass is 10.1. The Balaban J connectivity index is 1.39. The first-order valence-electron chi connectivity index (χ1n) is 12.9. The third kappa shape index (κ3) is 6.34. The fourth-order valence-electron chi connectivity index (χ4n) is 4.70. The average molecular weight is 599 g/mol.